The lowest BCUT2D eigenvalue weighted by atomic mass is 9.94. The van der Waals surface area contributed by atoms with Crippen LogP contribution in [-0.2, 0) is 9.59 Å². The van der Waals surface area contributed by atoms with Crippen molar-refractivity contribution in [3.63, 3.8) is 0 Å². The first-order valence-electron chi connectivity index (χ1n) is 5.44. The van der Waals surface area contributed by atoms with Crippen molar-refractivity contribution in [2.75, 3.05) is 13.1 Å². The summed E-state index contributed by atoms with van der Waals surface area (Å²) in [4.78, 5) is 22.3. The van der Waals surface area contributed by atoms with E-state index < -0.39 is 17.9 Å². The predicted octanol–water partition coefficient (Wildman–Crippen LogP) is -0.939. The smallest absolute Gasteiger partial charge is 0.306 e. The molecule has 0 aliphatic carbocycles. The predicted molar refractivity (Wildman–Crippen MR) is 60.7 cm³/mol. The highest BCUT2D eigenvalue weighted by molar-refractivity contribution is 5.87. The number of carbonyl (C=O) groups is 2. The third-order valence-electron chi connectivity index (χ3n) is 2.47. The molecule has 0 saturated heterocycles. The van der Waals surface area contributed by atoms with Gasteiger partial charge in [0.2, 0.25) is 0 Å². The molecule has 2 atom stereocenters. The maximum atomic E-state index is 11.4. The summed E-state index contributed by atoms with van der Waals surface area (Å²) < 4.78 is 0. The first-order chi connectivity index (χ1) is 7.52. The van der Waals surface area contributed by atoms with Crippen LogP contribution in [-0.4, -0.2) is 36.0 Å². The Labute approximate surface area is 95.2 Å². The average Bonchev–Trinajstić information content (AvgIpc) is 2.26. The van der Waals surface area contributed by atoms with Crippen LogP contribution in [0.3, 0.4) is 0 Å². The molecular weight excluding hydrogens is 210 g/mol. The van der Waals surface area contributed by atoms with Crippen molar-refractivity contribution in [3.8, 4) is 0 Å². The molecule has 0 heterocycles. The largest absolute Gasteiger partial charge is 0.481 e. The Morgan fingerprint density at radius 1 is 1.19 bits per heavy atom. The third-order valence-corrected chi connectivity index (χ3v) is 2.47. The standard InChI is InChI=1S/C10H21N3O3/c11-4-2-1-3-7(10(15)16)5-9(14)8(13)6-12/h7-8H,1-6,11-13H2,(H,15,16)/t7-,8-/m1/s1. The van der Waals surface area contributed by atoms with Gasteiger partial charge in [-0.05, 0) is 19.4 Å². The van der Waals surface area contributed by atoms with Crippen molar-refractivity contribution in [1.82, 2.24) is 0 Å². The van der Waals surface area contributed by atoms with Crippen molar-refractivity contribution >= 4 is 11.8 Å². The van der Waals surface area contributed by atoms with E-state index in [1.54, 1.807) is 0 Å². The summed E-state index contributed by atoms with van der Waals surface area (Å²) in [6, 6.07) is -0.753. The normalized spacial score (nSPS) is 14.4. The van der Waals surface area contributed by atoms with Crippen LogP contribution in [0.15, 0.2) is 0 Å². The number of hydrogen-bond acceptors (Lipinski definition) is 5. The molecule has 0 fully saturated rings. The van der Waals surface area contributed by atoms with Crippen molar-refractivity contribution in [2.24, 2.45) is 23.1 Å². The number of Topliss-reactive ketones (excluding diaryl/α,β-unsaturated/α-hetero) is 1. The van der Waals surface area contributed by atoms with Gasteiger partial charge in [-0.1, -0.05) is 6.42 Å². The molecule has 16 heavy (non-hydrogen) atoms. The van der Waals surface area contributed by atoms with Gasteiger partial charge < -0.3 is 22.3 Å². The highest BCUT2D eigenvalue weighted by Gasteiger charge is 2.23. The number of carbonyl (C=O) groups excluding carboxylic acids is 1. The Kier molecular flexibility index (Phi) is 7.70. The summed E-state index contributed by atoms with van der Waals surface area (Å²) >= 11 is 0. The van der Waals surface area contributed by atoms with E-state index in [4.69, 9.17) is 22.3 Å². The van der Waals surface area contributed by atoms with Crippen molar-refractivity contribution in [1.29, 1.82) is 0 Å². The van der Waals surface area contributed by atoms with Gasteiger partial charge in [0.25, 0.3) is 0 Å². The Hall–Kier alpha value is -0.980. The molecule has 0 rings (SSSR count). The van der Waals surface area contributed by atoms with Gasteiger partial charge >= 0.3 is 5.97 Å². The number of rotatable bonds is 9. The molecule has 0 aromatic rings. The Balaban J connectivity index is 4.12. The molecule has 0 spiro atoms. The van der Waals surface area contributed by atoms with Crippen LogP contribution < -0.4 is 17.2 Å². The fourth-order valence-corrected chi connectivity index (χ4v) is 1.37. The van der Waals surface area contributed by atoms with Crippen LogP contribution in [0.4, 0.5) is 0 Å². The van der Waals surface area contributed by atoms with E-state index in [1.807, 2.05) is 0 Å². The lowest BCUT2D eigenvalue weighted by Gasteiger charge is -2.13. The first-order valence-corrected chi connectivity index (χ1v) is 5.44. The van der Waals surface area contributed by atoms with E-state index >= 15 is 0 Å². The molecule has 94 valence electrons. The minimum absolute atomic E-state index is 0.0434. The number of hydrogen-bond donors (Lipinski definition) is 4. The molecule has 0 unspecified atom stereocenters. The van der Waals surface area contributed by atoms with Gasteiger partial charge in [-0.3, -0.25) is 9.59 Å². The fraction of sp³-hybridized carbons (Fsp3) is 0.800. The lowest BCUT2D eigenvalue weighted by molar-refractivity contribution is -0.144. The molecule has 0 radical (unpaired) electrons. The maximum absolute atomic E-state index is 11.4. The molecule has 0 bridgehead atoms. The fourth-order valence-electron chi connectivity index (χ4n) is 1.37. The summed E-state index contributed by atoms with van der Waals surface area (Å²) in [5.74, 6) is -1.92. The second kappa shape index (κ2) is 8.20. The van der Waals surface area contributed by atoms with Gasteiger partial charge in [-0.25, -0.2) is 0 Å². The van der Waals surface area contributed by atoms with Crippen molar-refractivity contribution in [3.05, 3.63) is 0 Å². The van der Waals surface area contributed by atoms with Crippen LogP contribution in [0.5, 0.6) is 0 Å². The van der Waals surface area contributed by atoms with Crippen LogP contribution in [0.1, 0.15) is 25.7 Å². The molecular formula is C10H21N3O3. The van der Waals surface area contributed by atoms with Gasteiger partial charge in [-0.15, -0.1) is 0 Å². The molecule has 0 saturated carbocycles. The van der Waals surface area contributed by atoms with Gasteiger partial charge in [0, 0.05) is 13.0 Å². The molecule has 0 aliphatic rings. The summed E-state index contributed by atoms with van der Waals surface area (Å²) in [5, 5.41) is 8.92. The number of carboxylic acid groups (broad SMARTS) is 1. The van der Waals surface area contributed by atoms with E-state index in [0.29, 0.717) is 19.4 Å². The second-order valence-corrected chi connectivity index (χ2v) is 3.83. The van der Waals surface area contributed by atoms with Gasteiger partial charge in [0.05, 0.1) is 12.0 Å². The monoisotopic (exact) mass is 231 g/mol. The zero-order valence-electron chi connectivity index (χ0n) is 9.39. The number of ketones is 1. The molecule has 7 N–H and O–H groups in total. The van der Waals surface area contributed by atoms with E-state index in [2.05, 4.69) is 0 Å². The Morgan fingerprint density at radius 3 is 2.25 bits per heavy atom. The molecule has 6 heteroatoms. The zero-order valence-corrected chi connectivity index (χ0v) is 9.39. The van der Waals surface area contributed by atoms with Crippen molar-refractivity contribution < 1.29 is 14.7 Å². The molecule has 0 amide bonds. The number of aliphatic carboxylic acids is 1. The average molecular weight is 231 g/mol. The lowest BCUT2D eigenvalue weighted by Crippen LogP contribution is -2.39. The van der Waals surface area contributed by atoms with E-state index in [-0.39, 0.29) is 18.7 Å². The Morgan fingerprint density at radius 2 is 1.81 bits per heavy atom. The van der Waals surface area contributed by atoms with E-state index in [9.17, 15) is 9.59 Å². The SMILES string of the molecule is NCCCC[C@H](CC(=O)[C@H](N)CN)C(=O)O. The second-order valence-electron chi connectivity index (χ2n) is 3.83. The summed E-state index contributed by atoms with van der Waals surface area (Å²) in [6.45, 7) is 0.580. The molecule has 0 aromatic carbocycles. The van der Waals surface area contributed by atoms with Gasteiger partial charge in [0.15, 0.2) is 5.78 Å². The van der Waals surface area contributed by atoms with Crippen LogP contribution >= 0.6 is 0 Å². The van der Waals surface area contributed by atoms with Crippen LogP contribution in [0.2, 0.25) is 0 Å². The quantitative estimate of drug-likeness (QED) is 0.379. The third kappa shape index (κ3) is 5.79. The number of nitrogens with two attached hydrogens (primary N) is 3. The molecule has 0 aliphatic heterocycles. The van der Waals surface area contributed by atoms with Crippen LogP contribution in [0, 0.1) is 5.92 Å². The molecule has 6 nitrogen and oxygen atoms in total. The zero-order chi connectivity index (χ0) is 12.6. The van der Waals surface area contributed by atoms with E-state index in [0.717, 1.165) is 6.42 Å². The van der Waals surface area contributed by atoms with Gasteiger partial charge in [0.1, 0.15) is 0 Å². The highest BCUT2D eigenvalue weighted by atomic mass is 16.4. The van der Waals surface area contributed by atoms with Crippen LogP contribution in [0.25, 0.3) is 0 Å². The van der Waals surface area contributed by atoms with E-state index in [1.165, 1.54) is 0 Å². The first kappa shape index (κ1) is 15.0. The minimum Gasteiger partial charge on any atom is -0.481 e. The minimum atomic E-state index is -0.963. The summed E-state index contributed by atoms with van der Waals surface area (Å²) in [7, 11) is 0. The summed E-state index contributed by atoms with van der Waals surface area (Å²) in [5.41, 5.74) is 16.0. The van der Waals surface area contributed by atoms with Crippen molar-refractivity contribution in [2.45, 2.75) is 31.7 Å². The number of unbranched alkanes of at least 4 members (excludes halogenated alkanes) is 1. The topological polar surface area (TPSA) is 132 Å². The van der Waals surface area contributed by atoms with Gasteiger partial charge in [-0.2, -0.15) is 0 Å². The molecule has 0 aromatic heterocycles. The Bertz CT molecular complexity index is 233. The highest BCUT2D eigenvalue weighted by Crippen LogP contribution is 2.14. The number of carboxylic acids is 1. The maximum Gasteiger partial charge on any atom is 0.306 e. The summed E-state index contributed by atoms with van der Waals surface area (Å²) in [6.07, 6.45) is 1.88.